The molecule has 192 valence electrons. The van der Waals surface area contributed by atoms with Gasteiger partial charge in [-0.15, -0.1) is 0 Å². The second kappa shape index (κ2) is 10.1. The molecule has 3 aromatic carbocycles. The molecule has 0 bridgehead atoms. The summed E-state index contributed by atoms with van der Waals surface area (Å²) in [5.41, 5.74) is 1.72. The van der Waals surface area contributed by atoms with Crippen LogP contribution in [0.1, 0.15) is 21.5 Å². The molecule has 0 aliphatic carbocycles. The normalized spacial score (nSPS) is 11.6. The van der Waals surface area contributed by atoms with Crippen LogP contribution in [0.5, 0.6) is 0 Å². The monoisotopic (exact) mass is 557 g/mol. The smallest absolute Gasteiger partial charge is 0.342 e. The molecular formula is C28H17Cl2F4N3O. The second-order valence-corrected chi connectivity index (χ2v) is 9.37. The van der Waals surface area contributed by atoms with E-state index in [4.69, 9.17) is 23.2 Å². The van der Waals surface area contributed by atoms with Gasteiger partial charge in [0.15, 0.2) is 0 Å². The van der Waals surface area contributed by atoms with E-state index in [0.29, 0.717) is 33.1 Å². The molecule has 1 N–H and O–H groups in total. The first kappa shape index (κ1) is 25.8. The van der Waals surface area contributed by atoms with Crippen molar-refractivity contribution in [1.29, 1.82) is 0 Å². The Bertz CT molecular complexity index is 1660. The highest BCUT2D eigenvalue weighted by Gasteiger charge is 2.30. The minimum absolute atomic E-state index is 0.0730. The topological polar surface area (TPSA) is 46.9 Å². The number of benzene rings is 3. The summed E-state index contributed by atoms with van der Waals surface area (Å²) in [6.07, 6.45) is 0.330. The molecule has 10 heteroatoms. The van der Waals surface area contributed by atoms with Crippen LogP contribution >= 0.6 is 23.2 Å². The van der Waals surface area contributed by atoms with Crippen LogP contribution in [0.25, 0.3) is 22.0 Å². The number of hydrogen-bond donors (Lipinski definition) is 1. The summed E-state index contributed by atoms with van der Waals surface area (Å²) < 4.78 is 55.2. The number of halogens is 6. The number of nitrogens with zero attached hydrogens (tertiary/aromatic N) is 2. The highest BCUT2D eigenvalue weighted by molar-refractivity contribution is 6.35. The highest BCUT2D eigenvalue weighted by atomic mass is 35.5. The molecule has 4 nitrogen and oxygen atoms in total. The molecule has 1 amide bonds. The van der Waals surface area contributed by atoms with Crippen LogP contribution in [0.2, 0.25) is 10.0 Å². The number of pyridine rings is 1. The quantitative estimate of drug-likeness (QED) is 0.220. The lowest BCUT2D eigenvalue weighted by Crippen LogP contribution is -2.13. The molecule has 0 aliphatic heterocycles. The van der Waals surface area contributed by atoms with E-state index in [1.807, 2.05) is 4.57 Å². The van der Waals surface area contributed by atoms with E-state index in [9.17, 15) is 22.4 Å². The summed E-state index contributed by atoms with van der Waals surface area (Å²) in [5.74, 6) is -1.28. The number of carbonyl (C=O) groups is 1. The fraction of sp³-hybridized carbons (Fsp3) is 0.0714. The first-order valence-corrected chi connectivity index (χ1v) is 12.0. The number of anilines is 1. The van der Waals surface area contributed by atoms with Gasteiger partial charge in [-0.1, -0.05) is 47.5 Å². The van der Waals surface area contributed by atoms with Crippen molar-refractivity contribution in [2.75, 3.05) is 5.32 Å². The third kappa shape index (κ3) is 5.23. The van der Waals surface area contributed by atoms with Crippen molar-refractivity contribution in [2.45, 2.75) is 12.7 Å². The first-order chi connectivity index (χ1) is 18.1. The van der Waals surface area contributed by atoms with E-state index >= 15 is 0 Å². The van der Waals surface area contributed by atoms with Crippen LogP contribution in [0.15, 0.2) is 85.3 Å². The van der Waals surface area contributed by atoms with Gasteiger partial charge >= 0.3 is 6.18 Å². The van der Waals surface area contributed by atoms with Crippen molar-refractivity contribution in [2.24, 2.45) is 0 Å². The third-order valence-electron chi connectivity index (χ3n) is 6.05. The summed E-state index contributed by atoms with van der Waals surface area (Å²) >= 11 is 12.3. The average molecular weight is 558 g/mol. The summed E-state index contributed by atoms with van der Waals surface area (Å²) in [7, 11) is 0. The molecule has 2 aromatic heterocycles. The predicted octanol–water partition coefficient (Wildman–Crippen LogP) is 8.47. The minimum atomic E-state index is -4.46. The molecule has 0 radical (unpaired) electrons. The lowest BCUT2D eigenvalue weighted by atomic mass is 10.0. The molecule has 0 spiro atoms. The van der Waals surface area contributed by atoms with Gasteiger partial charge in [0.25, 0.3) is 5.91 Å². The highest BCUT2D eigenvalue weighted by Crippen LogP contribution is 2.32. The van der Waals surface area contributed by atoms with Gasteiger partial charge in [0.05, 0.1) is 22.3 Å². The van der Waals surface area contributed by atoms with Crippen LogP contribution < -0.4 is 5.32 Å². The van der Waals surface area contributed by atoms with Crippen LogP contribution in [0, 0.1) is 5.82 Å². The zero-order valence-electron chi connectivity index (χ0n) is 19.4. The number of rotatable bonds is 5. The molecule has 0 fully saturated rings. The van der Waals surface area contributed by atoms with Crippen LogP contribution in [-0.4, -0.2) is 15.5 Å². The number of aromatic nitrogens is 2. The van der Waals surface area contributed by atoms with Crippen LogP contribution in [0.4, 0.5) is 23.2 Å². The molecule has 5 aromatic rings. The van der Waals surface area contributed by atoms with E-state index in [-0.39, 0.29) is 11.3 Å². The fourth-order valence-corrected chi connectivity index (χ4v) is 4.59. The predicted molar refractivity (Wildman–Crippen MR) is 140 cm³/mol. The van der Waals surface area contributed by atoms with Gasteiger partial charge in [-0.2, -0.15) is 13.2 Å². The van der Waals surface area contributed by atoms with Gasteiger partial charge in [0.1, 0.15) is 5.82 Å². The Kier molecular flexibility index (Phi) is 6.86. The number of carbonyl (C=O) groups excluding carboxylic acids is 1. The average Bonchev–Trinajstić information content (AvgIpc) is 3.25. The molecule has 0 unspecified atom stereocenters. The zero-order chi connectivity index (χ0) is 27.0. The molecule has 38 heavy (non-hydrogen) atoms. The third-order valence-corrected chi connectivity index (χ3v) is 6.63. The second-order valence-electron chi connectivity index (χ2n) is 8.52. The molecule has 0 aliphatic rings. The fourth-order valence-electron chi connectivity index (χ4n) is 4.12. The number of nitrogens with one attached hydrogen (secondary N) is 1. The summed E-state index contributed by atoms with van der Waals surface area (Å²) in [6, 6.07) is 15.4. The van der Waals surface area contributed by atoms with E-state index in [1.54, 1.807) is 42.9 Å². The Balaban J connectivity index is 1.40. The van der Waals surface area contributed by atoms with Gasteiger partial charge in [0.2, 0.25) is 0 Å². The number of alkyl halides is 3. The summed E-state index contributed by atoms with van der Waals surface area (Å²) in [4.78, 5) is 17.3. The standard InChI is InChI=1S/C28H17Cl2F4N3O/c29-20-7-3-18(23(30)12-20)14-37-15-22(21-13-35-10-9-26(21)37)27(38)36-25-8-4-17(11-24(25)31)16-1-5-19(6-2-16)28(32,33)34/h1-13,15H,14H2,(H,36,38). The van der Waals surface area contributed by atoms with Crippen molar-refractivity contribution in [1.82, 2.24) is 9.55 Å². The van der Waals surface area contributed by atoms with Gasteiger partial charge in [0, 0.05) is 40.6 Å². The number of amides is 1. The van der Waals surface area contributed by atoms with Gasteiger partial charge in [-0.05, 0) is 59.2 Å². The molecule has 0 saturated heterocycles. The Morgan fingerprint density at radius 2 is 1.68 bits per heavy atom. The molecular weight excluding hydrogens is 541 g/mol. The number of hydrogen-bond acceptors (Lipinski definition) is 2. The van der Waals surface area contributed by atoms with Crippen molar-refractivity contribution in [3.8, 4) is 11.1 Å². The largest absolute Gasteiger partial charge is 0.416 e. The Hall–Kier alpha value is -3.88. The van der Waals surface area contributed by atoms with Crippen molar-refractivity contribution in [3.05, 3.63) is 118 Å². The maximum Gasteiger partial charge on any atom is 0.416 e. The Labute approximate surface area is 224 Å². The van der Waals surface area contributed by atoms with Gasteiger partial charge < -0.3 is 9.88 Å². The van der Waals surface area contributed by atoms with E-state index in [0.717, 1.165) is 29.3 Å². The van der Waals surface area contributed by atoms with Crippen molar-refractivity contribution in [3.63, 3.8) is 0 Å². The molecule has 0 saturated carbocycles. The molecule has 5 rings (SSSR count). The first-order valence-electron chi connectivity index (χ1n) is 11.3. The van der Waals surface area contributed by atoms with Gasteiger partial charge in [-0.3, -0.25) is 9.78 Å². The van der Waals surface area contributed by atoms with E-state index < -0.39 is 23.5 Å². The zero-order valence-corrected chi connectivity index (χ0v) is 20.9. The Morgan fingerprint density at radius 3 is 2.37 bits per heavy atom. The maximum absolute atomic E-state index is 14.9. The van der Waals surface area contributed by atoms with Crippen LogP contribution in [0.3, 0.4) is 0 Å². The lowest BCUT2D eigenvalue weighted by molar-refractivity contribution is -0.137. The molecule has 0 atom stereocenters. The lowest BCUT2D eigenvalue weighted by Gasteiger charge is -2.10. The summed E-state index contributed by atoms with van der Waals surface area (Å²) in [5, 5.41) is 4.13. The summed E-state index contributed by atoms with van der Waals surface area (Å²) in [6.45, 7) is 0.361. The van der Waals surface area contributed by atoms with Crippen molar-refractivity contribution < 1.29 is 22.4 Å². The molecule has 2 heterocycles. The number of fused-ring (bicyclic) bond motifs is 1. The van der Waals surface area contributed by atoms with E-state index in [2.05, 4.69) is 10.3 Å². The maximum atomic E-state index is 14.9. The van der Waals surface area contributed by atoms with Crippen LogP contribution in [-0.2, 0) is 12.7 Å². The van der Waals surface area contributed by atoms with Gasteiger partial charge in [-0.25, -0.2) is 4.39 Å². The SMILES string of the molecule is O=C(Nc1ccc(-c2ccc(C(F)(F)F)cc2)cc1F)c1cn(Cc2ccc(Cl)cc2Cl)c2ccncc12. The van der Waals surface area contributed by atoms with E-state index in [1.165, 1.54) is 24.3 Å². The van der Waals surface area contributed by atoms with Crippen molar-refractivity contribution >= 4 is 45.7 Å². The minimum Gasteiger partial charge on any atom is -0.342 e. The Morgan fingerprint density at radius 1 is 0.947 bits per heavy atom.